The highest BCUT2D eigenvalue weighted by Gasteiger charge is 2.20. The molecule has 0 aromatic heterocycles. The summed E-state index contributed by atoms with van der Waals surface area (Å²) in [4.78, 5) is 27.7. The first-order valence-corrected chi connectivity index (χ1v) is 9.19. The normalized spacial score (nSPS) is 21.3. The van der Waals surface area contributed by atoms with Gasteiger partial charge < -0.3 is 16.0 Å². The summed E-state index contributed by atoms with van der Waals surface area (Å²) in [6.07, 6.45) is 4.24. The number of urea groups is 1. The number of primary amides is 1. The van der Waals surface area contributed by atoms with E-state index in [0.29, 0.717) is 12.5 Å². The summed E-state index contributed by atoms with van der Waals surface area (Å²) >= 11 is 0. The van der Waals surface area contributed by atoms with Crippen LogP contribution in [0.2, 0.25) is 0 Å². The van der Waals surface area contributed by atoms with E-state index in [2.05, 4.69) is 18.3 Å². The van der Waals surface area contributed by atoms with Gasteiger partial charge >= 0.3 is 6.03 Å². The van der Waals surface area contributed by atoms with E-state index in [1.54, 1.807) is 0 Å². The van der Waals surface area contributed by atoms with Gasteiger partial charge in [0.05, 0.1) is 6.54 Å². The highest BCUT2D eigenvalue weighted by atomic mass is 16.2. The molecule has 136 valence electrons. The van der Waals surface area contributed by atoms with Crippen molar-refractivity contribution in [3.8, 4) is 0 Å². The van der Waals surface area contributed by atoms with Gasteiger partial charge in [0.25, 0.3) is 0 Å². The highest BCUT2D eigenvalue weighted by Crippen LogP contribution is 2.23. The van der Waals surface area contributed by atoms with Crippen LogP contribution in [0.1, 0.15) is 37.3 Å². The topological polar surface area (TPSA) is 78.7 Å². The average Bonchev–Trinajstić information content (AvgIpc) is 2.78. The highest BCUT2D eigenvalue weighted by molar-refractivity contribution is 5.89. The van der Waals surface area contributed by atoms with Crippen LogP contribution in [0.5, 0.6) is 0 Å². The molecule has 1 aromatic rings. The van der Waals surface area contributed by atoms with Gasteiger partial charge in [-0.1, -0.05) is 13.0 Å². The molecule has 1 aromatic carbocycles. The van der Waals surface area contributed by atoms with Crippen molar-refractivity contribution < 1.29 is 9.59 Å². The van der Waals surface area contributed by atoms with Gasteiger partial charge in [0, 0.05) is 31.9 Å². The number of carbonyl (C=O) groups excluding carboxylic acids is 2. The zero-order valence-corrected chi connectivity index (χ0v) is 15.0. The quantitative estimate of drug-likeness (QED) is 0.882. The molecule has 6 nitrogen and oxygen atoms in total. The fourth-order valence-corrected chi connectivity index (χ4v) is 3.72. The molecule has 0 bridgehead atoms. The number of amides is 3. The minimum Gasteiger partial charge on any atom is -0.369 e. The summed E-state index contributed by atoms with van der Waals surface area (Å²) in [6, 6.07) is 6.07. The first kappa shape index (κ1) is 17.7. The minimum absolute atomic E-state index is 0.0150. The van der Waals surface area contributed by atoms with Crippen molar-refractivity contribution in [3.05, 3.63) is 29.3 Å². The Kier molecular flexibility index (Phi) is 5.58. The monoisotopic (exact) mass is 344 g/mol. The van der Waals surface area contributed by atoms with Crippen molar-refractivity contribution in [2.24, 2.45) is 11.7 Å². The zero-order chi connectivity index (χ0) is 17.8. The van der Waals surface area contributed by atoms with Crippen molar-refractivity contribution in [3.63, 3.8) is 0 Å². The predicted molar refractivity (Wildman–Crippen MR) is 98.2 cm³/mol. The number of benzene rings is 1. The molecule has 2 aliphatic rings. The Morgan fingerprint density at radius 2 is 2.04 bits per heavy atom. The van der Waals surface area contributed by atoms with Gasteiger partial charge in [0.2, 0.25) is 5.91 Å². The maximum atomic E-state index is 12.5. The average molecular weight is 344 g/mol. The molecule has 3 amide bonds. The Morgan fingerprint density at radius 1 is 1.20 bits per heavy atom. The van der Waals surface area contributed by atoms with Crippen molar-refractivity contribution in [2.45, 2.75) is 39.2 Å². The van der Waals surface area contributed by atoms with Crippen molar-refractivity contribution in [2.75, 3.05) is 31.5 Å². The molecule has 25 heavy (non-hydrogen) atoms. The summed E-state index contributed by atoms with van der Waals surface area (Å²) in [7, 11) is 0. The molecule has 1 atom stereocenters. The lowest BCUT2D eigenvalue weighted by molar-refractivity contribution is -0.119. The number of hydrogen-bond acceptors (Lipinski definition) is 3. The summed E-state index contributed by atoms with van der Waals surface area (Å²) in [6.45, 7) is 5.72. The van der Waals surface area contributed by atoms with E-state index in [-0.39, 0.29) is 18.5 Å². The van der Waals surface area contributed by atoms with Crippen LogP contribution in [0.4, 0.5) is 10.5 Å². The van der Waals surface area contributed by atoms with Crippen molar-refractivity contribution in [1.29, 1.82) is 0 Å². The molecule has 1 saturated heterocycles. The Labute approximate surface area is 149 Å². The lowest BCUT2D eigenvalue weighted by Crippen LogP contribution is -2.37. The van der Waals surface area contributed by atoms with Gasteiger partial charge in [0.15, 0.2) is 0 Å². The Bertz CT molecular complexity index is 646. The maximum absolute atomic E-state index is 12.5. The van der Waals surface area contributed by atoms with Crippen LogP contribution in [-0.2, 0) is 17.8 Å². The van der Waals surface area contributed by atoms with Crippen LogP contribution in [-0.4, -0.2) is 47.9 Å². The predicted octanol–water partition coefficient (Wildman–Crippen LogP) is 2.18. The third kappa shape index (κ3) is 4.72. The number of nitrogens with one attached hydrogen (secondary N) is 1. The van der Waals surface area contributed by atoms with Gasteiger partial charge in [-0.25, -0.2) is 4.79 Å². The number of rotatable bonds is 3. The molecule has 0 aliphatic carbocycles. The minimum atomic E-state index is -0.303. The number of fused-ring (bicyclic) bond motifs is 1. The van der Waals surface area contributed by atoms with Crippen LogP contribution in [0.3, 0.4) is 0 Å². The van der Waals surface area contributed by atoms with Gasteiger partial charge in [-0.3, -0.25) is 9.69 Å². The smallest absolute Gasteiger partial charge is 0.321 e. The molecule has 3 N–H and O–H groups in total. The van der Waals surface area contributed by atoms with Crippen molar-refractivity contribution in [1.82, 2.24) is 9.80 Å². The van der Waals surface area contributed by atoms with E-state index in [0.717, 1.165) is 50.1 Å². The summed E-state index contributed by atoms with van der Waals surface area (Å²) in [5.41, 5.74) is 8.56. The van der Waals surface area contributed by atoms with E-state index < -0.39 is 0 Å². The van der Waals surface area contributed by atoms with Gasteiger partial charge in [-0.05, 0) is 54.9 Å². The number of nitrogens with two attached hydrogens (primary N) is 1. The summed E-state index contributed by atoms with van der Waals surface area (Å²) < 4.78 is 0. The number of anilines is 1. The second-order valence-corrected chi connectivity index (χ2v) is 7.36. The largest absolute Gasteiger partial charge is 0.369 e. The van der Waals surface area contributed by atoms with E-state index in [4.69, 9.17) is 5.73 Å². The number of nitrogens with zero attached hydrogens (tertiary/aromatic N) is 2. The first-order chi connectivity index (χ1) is 12.0. The Morgan fingerprint density at radius 3 is 2.84 bits per heavy atom. The lowest BCUT2D eigenvalue weighted by Gasteiger charge is -2.28. The molecular formula is C19H28N4O2. The Hall–Kier alpha value is -2.08. The van der Waals surface area contributed by atoms with E-state index in [9.17, 15) is 9.59 Å². The maximum Gasteiger partial charge on any atom is 0.321 e. The second-order valence-electron chi connectivity index (χ2n) is 7.36. The van der Waals surface area contributed by atoms with E-state index >= 15 is 0 Å². The van der Waals surface area contributed by atoms with Crippen LogP contribution >= 0.6 is 0 Å². The first-order valence-electron chi connectivity index (χ1n) is 9.19. The number of likely N-dealkylation sites (tertiary alicyclic amines) is 1. The van der Waals surface area contributed by atoms with E-state index in [1.807, 2.05) is 21.9 Å². The molecular weight excluding hydrogens is 316 g/mol. The van der Waals surface area contributed by atoms with Crippen LogP contribution < -0.4 is 11.1 Å². The molecule has 6 heteroatoms. The Balaban J connectivity index is 1.63. The summed E-state index contributed by atoms with van der Waals surface area (Å²) in [5.74, 6) is 0.390. The third-order valence-electron chi connectivity index (χ3n) is 5.23. The third-order valence-corrected chi connectivity index (χ3v) is 5.23. The molecule has 2 heterocycles. The zero-order valence-electron chi connectivity index (χ0n) is 15.0. The van der Waals surface area contributed by atoms with Gasteiger partial charge in [-0.2, -0.15) is 0 Å². The molecule has 0 radical (unpaired) electrons. The lowest BCUT2D eigenvalue weighted by atomic mass is 9.99. The molecule has 0 spiro atoms. The number of carbonyl (C=O) groups is 2. The van der Waals surface area contributed by atoms with Crippen LogP contribution in [0.15, 0.2) is 18.2 Å². The van der Waals surface area contributed by atoms with Crippen LogP contribution in [0, 0.1) is 5.92 Å². The van der Waals surface area contributed by atoms with E-state index in [1.165, 1.54) is 12.0 Å². The fraction of sp³-hybridized carbons (Fsp3) is 0.579. The standard InChI is InChI=1S/C19H28N4O2/c1-14-3-2-8-23(10-6-14)19(25)21-17-5-4-15-7-9-22(13-18(20)24)12-16(15)11-17/h4-5,11,14H,2-3,6-10,12-13H2,1H3,(H2,20,24)(H,21,25). The molecule has 0 saturated carbocycles. The van der Waals surface area contributed by atoms with Crippen molar-refractivity contribution >= 4 is 17.6 Å². The number of hydrogen-bond donors (Lipinski definition) is 2. The second kappa shape index (κ2) is 7.87. The fourth-order valence-electron chi connectivity index (χ4n) is 3.72. The van der Waals surface area contributed by atoms with Gasteiger partial charge in [0.1, 0.15) is 0 Å². The molecule has 1 unspecified atom stereocenters. The molecule has 3 rings (SSSR count). The van der Waals surface area contributed by atoms with Crippen LogP contribution in [0.25, 0.3) is 0 Å². The van der Waals surface area contributed by atoms with Gasteiger partial charge in [-0.15, -0.1) is 0 Å². The molecule has 2 aliphatic heterocycles. The molecule has 1 fully saturated rings. The SMILES string of the molecule is CC1CCCN(C(=O)Nc2ccc3c(c2)CN(CC(N)=O)CC3)CC1. The summed E-state index contributed by atoms with van der Waals surface area (Å²) in [5, 5.41) is 3.04.